The van der Waals surface area contributed by atoms with Gasteiger partial charge in [0.05, 0.1) is 6.33 Å². The number of aryl methyl sites for hydroxylation is 1. The molecule has 0 saturated carbocycles. The normalized spacial score (nSPS) is 10.3. The van der Waals surface area contributed by atoms with E-state index in [1.54, 1.807) is 6.92 Å². The van der Waals surface area contributed by atoms with Gasteiger partial charge in [-0.25, -0.2) is 13.8 Å². The number of H-pyrrole nitrogens is 1. The SMILES string of the molecule is Cc1[nH]cnc1C(=O)Nc1ccc(F)c(F)c1. The Morgan fingerprint density at radius 2 is 2.12 bits per heavy atom. The minimum Gasteiger partial charge on any atom is -0.348 e. The van der Waals surface area contributed by atoms with E-state index in [4.69, 9.17) is 0 Å². The Hall–Kier alpha value is -2.24. The first-order valence-corrected chi connectivity index (χ1v) is 4.84. The standard InChI is InChI=1S/C11H9F2N3O/c1-6-10(15-5-14-6)11(17)16-7-2-3-8(12)9(13)4-7/h2-5H,1H3,(H,14,15)(H,16,17). The first-order valence-electron chi connectivity index (χ1n) is 4.84. The number of hydrogen-bond donors (Lipinski definition) is 2. The summed E-state index contributed by atoms with van der Waals surface area (Å²) < 4.78 is 25.6. The van der Waals surface area contributed by atoms with Crippen LogP contribution in [0.25, 0.3) is 0 Å². The summed E-state index contributed by atoms with van der Waals surface area (Å²) >= 11 is 0. The van der Waals surface area contributed by atoms with E-state index in [-0.39, 0.29) is 11.4 Å². The van der Waals surface area contributed by atoms with Crippen LogP contribution in [0, 0.1) is 18.6 Å². The van der Waals surface area contributed by atoms with Crippen LogP contribution in [0.3, 0.4) is 0 Å². The largest absolute Gasteiger partial charge is 0.348 e. The molecule has 17 heavy (non-hydrogen) atoms. The molecule has 4 nitrogen and oxygen atoms in total. The van der Waals surface area contributed by atoms with Gasteiger partial charge in [0.1, 0.15) is 5.69 Å². The van der Waals surface area contributed by atoms with E-state index in [0.29, 0.717) is 5.69 Å². The number of carbonyl (C=O) groups is 1. The molecule has 0 atom stereocenters. The Labute approximate surface area is 95.7 Å². The highest BCUT2D eigenvalue weighted by Crippen LogP contribution is 2.14. The van der Waals surface area contributed by atoms with Gasteiger partial charge in [0.25, 0.3) is 5.91 Å². The van der Waals surface area contributed by atoms with Gasteiger partial charge in [-0.15, -0.1) is 0 Å². The second kappa shape index (κ2) is 4.32. The average Bonchev–Trinajstić information content (AvgIpc) is 2.70. The Kier molecular flexibility index (Phi) is 2.86. The molecule has 0 radical (unpaired) electrons. The molecule has 0 unspecified atom stereocenters. The second-order valence-corrected chi connectivity index (χ2v) is 3.46. The Morgan fingerprint density at radius 3 is 2.71 bits per heavy atom. The second-order valence-electron chi connectivity index (χ2n) is 3.46. The van der Waals surface area contributed by atoms with E-state index in [1.165, 1.54) is 12.4 Å². The van der Waals surface area contributed by atoms with E-state index in [2.05, 4.69) is 15.3 Å². The van der Waals surface area contributed by atoms with Crippen molar-refractivity contribution in [2.45, 2.75) is 6.92 Å². The molecule has 2 rings (SSSR count). The summed E-state index contributed by atoms with van der Waals surface area (Å²) in [6, 6.07) is 3.13. The molecule has 6 heteroatoms. The summed E-state index contributed by atoms with van der Waals surface area (Å²) in [6.45, 7) is 1.69. The highest BCUT2D eigenvalue weighted by molar-refractivity contribution is 6.03. The van der Waals surface area contributed by atoms with E-state index in [1.807, 2.05) is 0 Å². The van der Waals surface area contributed by atoms with Crippen LogP contribution < -0.4 is 5.32 Å². The molecule has 2 aromatic rings. The molecule has 88 valence electrons. The molecule has 0 aliphatic carbocycles. The molecule has 0 fully saturated rings. The zero-order valence-electron chi connectivity index (χ0n) is 8.92. The monoisotopic (exact) mass is 237 g/mol. The maximum atomic E-state index is 12.9. The summed E-state index contributed by atoms with van der Waals surface area (Å²) in [5.41, 5.74) is 0.996. The Balaban J connectivity index is 2.19. The number of nitrogens with zero attached hydrogens (tertiary/aromatic N) is 1. The molecule has 0 aliphatic rings. The van der Waals surface area contributed by atoms with Gasteiger partial charge in [-0.05, 0) is 19.1 Å². The van der Waals surface area contributed by atoms with Crippen LogP contribution in [0.5, 0.6) is 0 Å². The number of amides is 1. The molecule has 1 aromatic carbocycles. The van der Waals surface area contributed by atoms with Gasteiger partial charge in [0, 0.05) is 17.4 Å². The van der Waals surface area contributed by atoms with Gasteiger partial charge >= 0.3 is 0 Å². The van der Waals surface area contributed by atoms with Crippen molar-refractivity contribution in [3.05, 3.63) is 47.5 Å². The van der Waals surface area contributed by atoms with Gasteiger partial charge in [0.2, 0.25) is 0 Å². The highest BCUT2D eigenvalue weighted by Gasteiger charge is 2.12. The number of imidazole rings is 1. The van der Waals surface area contributed by atoms with Crippen LogP contribution >= 0.6 is 0 Å². The summed E-state index contributed by atoms with van der Waals surface area (Å²) in [5.74, 6) is -2.45. The lowest BCUT2D eigenvalue weighted by Crippen LogP contribution is -2.13. The molecular formula is C11H9F2N3O. The van der Waals surface area contributed by atoms with Gasteiger partial charge < -0.3 is 10.3 Å². The topological polar surface area (TPSA) is 57.8 Å². The van der Waals surface area contributed by atoms with Crippen molar-refractivity contribution >= 4 is 11.6 Å². The third kappa shape index (κ3) is 2.30. The number of aromatic nitrogens is 2. The maximum Gasteiger partial charge on any atom is 0.276 e. The molecule has 0 aliphatic heterocycles. The molecule has 1 amide bonds. The Bertz CT molecular complexity index is 566. The van der Waals surface area contributed by atoms with Crippen molar-refractivity contribution < 1.29 is 13.6 Å². The van der Waals surface area contributed by atoms with Gasteiger partial charge in [-0.2, -0.15) is 0 Å². The fraction of sp³-hybridized carbons (Fsp3) is 0.0909. The van der Waals surface area contributed by atoms with Crippen LogP contribution in [0.1, 0.15) is 16.2 Å². The molecule has 0 bridgehead atoms. The number of halogens is 2. The molecular weight excluding hydrogens is 228 g/mol. The van der Waals surface area contributed by atoms with Crippen LogP contribution in [-0.4, -0.2) is 15.9 Å². The van der Waals surface area contributed by atoms with Crippen LogP contribution in [0.4, 0.5) is 14.5 Å². The van der Waals surface area contributed by atoms with Crippen molar-refractivity contribution in [2.75, 3.05) is 5.32 Å². The minimum atomic E-state index is -1.01. The summed E-state index contributed by atoms with van der Waals surface area (Å²) in [5, 5.41) is 2.43. The predicted octanol–water partition coefficient (Wildman–Crippen LogP) is 2.25. The average molecular weight is 237 g/mol. The summed E-state index contributed by atoms with van der Waals surface area (Å²) in [7, 11) is 0. The number of rotatable bonds is 2. The molecule has 1 aromatic heterocycles. The first kappa shape index (κ1) is 11.3. The first-order chi connectivity index (χ1) is 8.08. The smallest absolute Gasteiger partial charge is 0.276 e. The van der Waals surface area contributed by atoms with Crippen molar-refractivity contribution in [2.24, 2.45) is 0 Å². The molecule has 0 spiro atoms. The fourth-order valence-electron chi connectivity index (χ4n) is 1.35. The van der Waals surface area contributed by atoms with Crippen molar-refractivity contribution in [1.82, 2.24) is 9.97 Å². The third-order valence-electron chi connectivity index (χ3n) is 2.22. The minimum absolute atomic E-state index is 0.177. The third-order valence-corrected chi connectivity index (χ3v) is 2.22. The molecule has 1 heterocycles. The van der Waals surface area contributed by atoms with Gasteiger partial charge in [0.15, 0.2) is 11.6 Å². The lowest BCUT2D eigenvalue weighted by molar-refractivity contribution is 0.102. The number of benzene rings is 1. The van der Waals surface area contributed by atoms with E-state index in [0.717, 1.165) is 12.1 Å². The quantitative estimate of drug-likeness (QED) is 0.841. The summed E-state index contributed by atoms with van der Waals surface area (Å²) in [6.07, 6.45) is 1.38. The number of hydrogen-bond acceptors (Lipinski definition) is 2. The van der Waals surface area contributed by atoms with E-state index >= 15 is 0 Å². The summed E-state index contributed by atoms with van der Waals surface area (Å²) in [4.78, 5) is 18.2. The van der Waals surface area contributed by atoms with Crippen molar-refractivity contribution in [3.8, 4) is 0 Å². The van der Waals surface area contributed by atoms with Crippen molar-refractivity contribution in [1.29, 1.82) is 0 Å². The number of anilines is 1. The predicted molar refractivity (Wildman–Crippen MR) is 57.6 cm³/mol. The number of aromatic amines is 1. The molecule has 0 saturated heterocycles. The molecule has 2 N–H and O–H groups in total. The van der Waals surface area contributed by atoms with Crippen molar-refractivity contribution in [3.63, 3.8) is 0 Å². The van der Waals surface area contributed by atoms with Gasteiger partial charge in [-0.3, -0.25) is 4.79 Å². The Morgan fingerprint density at radius 1 is 1.35 bits per heavy atom. The maximum absolute atomic E-state index is 12.9. The zero-order valence-corrected chi connectivity index (χ0v) is 8.92. The van der Waals surface area contributed by atoms with Crippen LogP contribution in [-0.2, 0) is 0 Å². The fourth-order valence-corrected chi connectivity index (χ4v) is 1.35. The number of carbonyl (C=O) groups excluding carboxylic acids is 1. The number of nitrogens with one attached hydrogen (secondary N) is 2. The zero-order chi connectivity index (χ0) is 12.4. The van der Waals surface area contributed by atoms with E-state index in [9.17, 15) is 13.6 Å². The van der Waals surface area contributed by atoms with Crippen LogP contribution in [0.15, 0.2) is 24.5 Å². The lowest BCUT2D eigenvalue weighted by atomic mass is 10.2. The van der Waals surface area contributed by atoms with Gasteiger partial charge in [-0.1, -0.05) is 0 Å². The lowest BCUT2D eigenvalue weighted by Gasteiger charge is -2.04. The highest BCUT2D eigenvalue weighted by atomic mass is 19.2. The van der Waals surface area contributed by atoms with E-state index < -0.39 is 17.5 Å². The van der Waals surface area contributed by atoms with Crippen LogP contribution in [0.2, 0.25) is 0 Å².